The summed E-state index contributed by atoms with van der Waals surface area (Å²) in [4.78, 5) is 30.0. The summed E-state index contributed by atoms with van der Waals surface area (Å²) >= 11 is 0. The molecule has 19 heavy (non-hydrogen) atoms. The molecule has 0 rings (SSSR count). The van der Waals surface area contributed by atoms with E-state index in [1.807, 2.05) is 0 Å². The molecule has 0 atom stereocenters. The van der Waals surface area contributed by atoms with E-state index in [1.54, 1.807) is 0 Å². The molecule has 0 saturated carbocycles. The van der Waals surface area contributed by atoms with Crippen LogP contribution >= 0.6 is 0 Å². The molecule has 13 heteroatoms. The molecule has 0 spiro atoms. The van der Waals surface area contributed by atoms with Gasteiger partial charge in [0.2, 0.25) is 0 Å². The van der Waals surface area contributed by atoms with E-state index in [9.17, 15) is 29.7 Å². The van der Waals surface area contributed by atoms with E-state index in [0.717, 1.165) is 0 Å². The zero-order chi connectivity index (χ0) is 10.6. The van der Waals surface area contributed by atoms with E-state index < -0.39 is 36.4 Å². The third-order valence-corrected chi connectivity index (χ3v) is 1.25. The summed E-state index contributed by atoms with van der Waals surface area (Å²) in [6.45, 7) is 0. The van der Waals surface area contributed by atoms with Gasteiger partial charge in [-0.2, -0.15) is 0 Å². The number of carbonyl (C=O) groups excluding carboxylic acids is 3. The minimum Gasteiger partial charge on any atom is -1.00 e. The van der Waals surface area contributed by atoms with Crippen LogP contribution in [0.25, 0.3) is 0 Å². The van der Waals surface area contributed by atoms with Crippen LogP contribution in [-0.4, -0.2) is 34.1 Å². The molecule has 0 amide bonds. The number of aliphatic hydroxyl groups is 1. The molecule has 0 aliphatic heterocycles. The second kappa shape index (κ2) is 23.6. The monoisotopic (exact) mass is 490 g/mol. The van der Waals surface area contributed by atoms with Crippen LogP contribution in [0.5, 0.6) is 0 Å². The Labute approximate surface area is 297 Å². The van der Waals surface area contributed by atoms with Crippen LogP contribution in [0, 0.1) is 0 Å². The smallest absolute Gasteiger partial charge is 1.00 e. The van der Waals surface area contributed by atoms with Gasteiger partial charge < -0.3 is 64.3 Å². The van der Waals surface area contributed by atoms with E-state index in [1.165, 1.54) is 0 Å². The predicted molar refractivity (Wildman–Crippen MR) is 32.8 cm³/mol. The van der Waals surface area contributed by atoms with Gasteiger partial charge in [0, 0.05) is 24.8 Å². The molecule has 0 heterocycles. The number of carboxylic acid groups (broad SMARTS) is 3. The molecule has 0 radical (unpaired) electrons. The van der Waals surface area contributed by atoms with Gasteiger partial charge in [-0.1, -0.05) is 0 Å². The third kappa shape index (κ3) is 23.6. The van der Waals surface area contributed by atoms with Crippen molar-refractivity contribution in [1.29, 1.82) is 0 Å². The van der Waals surface area contributed by atoms with Crippen LogP contribution in [0.3, 0.4) is 0 Å². The number of hydrogen-bond acceptors (Lipinski definition) is 7. The van der Waals surface area contributed by atoms with Gasteiger partial charge in [-0.25, -0.2) is 0 Å². The summed E-state index contributed by atoms with van der Waals surface area (Å²) in [6.07, 6.45) is -2.72. The van der Waals surface area contributed by atoms with E-state index in [-0.39, 0.29) is 235 Å². The molecule has 0 bridgehead atoms. The van der Waals surface area contributed by atoms with Crippen LogP contribution in [0.4, 0.5) is 0 Å². The van der Waals surface area contributed by atoms with Gasteiger partial charge in [-0.3, -0.25) is 0 Å². The van der Waals surface area contributed by atoms with Crippen molar-refractivity contribution in [2.24, 2.45) is 0 Å². The SMILES string of the molecule is O.O=C([O-])CC(O)(CC(=O)[O-])C(=O)[O-].[I-].[K+].[K+].[K+].[K+]. The molecule has 90 valence electrons. The molecule has 3 N–H and O–H groups in total. The Bertz CT molecular complexity index is 248. The van der Waals surface area contributed by atoms with Gasteiger partial charge in [0.25, 0.3) is 0 Å². The maximum atomic E-state index is 10.1. The van der Waals surface area contributed by atoms with Crippen LogP contribution in [0.2, 0.25) is 0 Å². The van der Waals surface area contributed by atoms with E-state index in [4.69, 9.17) is 5.11 Å². The molecule has 0 aliphatic rings. The maximum absolute atomic E-state index is 10.1. The number of carboxylic acids is 3. The number of hydrogen-bond donors (Lipinski definition) is 1. The molecule has 8 nitrogen and oxygen atoms in total. The predicted octanol–water partition coefficient (Wildman–Crippen LogP) is -21.1. The number of rotatable bonds is 5. The topological polar surface area (TPSA) is 172 Å². The van der Waals surface area contributed by atoms with Crippen molar-refractivity contribution in [3.8, 4) is 0 Å². The Morgan fingerprint density at radius 3 is 1.16 bits per heavy atom. The molecule has 0 unspecified atom stereocenters. The minimum absolute atomic E-state index is 0. The van der Waals surface area contributed by atoms with Crippen molar-refractivity contribution >= 4 is 17.9 Å². The summed E-state index contributed by atoms with van der Waals surface area (Å²) < 4.78 is 0. The first-order chi connectivity index (χ1) is 5.78. The van der Waals surface area contributed by atoms with Gasteiger partial charge in [0.15, 0.2) is 0 Å². The fourth-order valence-electron chi connectivity index (χ4n) is 0.684. The second-order valence-electron chi connectivity index (χ2n) is 2.42. The van der Waals surface area contributed by atoms with Crippen molar-refractivity contribution in [3.05, 3.63) is 0 Å². The average molecular weight is 490 g/mol. The van der Waals surface area contributed by atoms with Gasteiger partial charge >= 0.3 is 206 Å². The van der Waals surface area contributed by atoms with Crippen molar-refractivity contribution < 1.29 is 270 Å². The number of halogens is 1. The molecular weight excluding hydrogens is 483 g/mol. The van der Waals surface area contributed by atoms with Crippen LogP contribution in [0.1, 0.15) is 12.8 Å². The molecule has 0 aromatic heterocycles. The van der Waals surface area contributed by atoms with E-state index in [0.29, 0.717) is 0 Å². The summed E-state index contributed by atoms with van der Waals surface area (Å²) in [5.41, 5.74) is -2.97. The molecule has 0 aliphatic carbocycles. The molecule has 0 aromatic rings. The summed E-state index contributed by atoms with van der Waals surface area (Å²) in [6, 6.07) is 0. The number of aliphatic carboxylic acids is 3. The fourth-order valence-corrected chi connectivity index (χ4v) is 0.684. The van der Waals surface area contributed by atoms with Crippen molar-refractivity contribution in [1.82, 2.24) is 0 Å². The first-order valence-electron chi connectivity index (χ1n) is 3.11. The molecular formula is C6H7IK4O8. The summed E-state index contributed by atoms with van der Waals surface area (Å²) in [5, 5.41) is 38.9. The Hall–Kier alpha value is 5.61. The third-order valence-electron chi connectivity index (χ3n) is 1.25. The van der Waals surface area contributed by atoms with Gasteiger partial charge in [0.05, 0.1) is 5.97 Å². The van der Waals surface area contributed by atoms with E-state index >= 15 is 0 Å². The van der Waals surface area contributed by atoms with Crippen molar-refractivity contribution in [2.45, 2.75) is 18.4 Å². The van der Waals surface area contributed by atoms with Gasteiger partial charge in [-0.05, 0) is 0 Å². The Kier molecular flexibility index (Phi) is 55.0. The Morgan fingerprint density at radius 1 is 0.842 bits per heavy atom. The first kappa shape index (κ1) is 44.2. The number of carbonyl (C=O) groups is 3. The van der Waals surface area contributed by atoms with Crippen LogP contribution in [0.15, 0.2) is 0 Å². The first-order valence-corrected chi connectivity index (χ1v) is 3.11. The zero-order valence-corrected chi connectivity index (χ0v) is 25.8. The van der Waals surface area contributed by atoms with Crippen molar-refractivity contribution in [2.75, 3.05) is 0 Å². The van der Waals surface area contributed by atoms with Crippen molar-refractivity contribution in [3.63, 3.8) is 0 Å². The minimum atomic E-state index is -2.97. The quantitative estimate of drug-likeness (QED) is 0.294. The van der Waals surface area contributed by atoms with Gasteiger partial charge in [0.1, 0.15) is 5.60 Å². The Balaban J connectivity index is -0.0000000480. The van der Waals surface area contributed by atoms with Gasteiger partial charge in [-0.15, -0.1) is 0 Å². The average Bonchev–Trinajstić information content (AvgIpc) is 1.82. The fraction of sp³-hybridized carbons (Fsp3) is 0.500. The zero-order valence-electron chi connectivity index (χ0n) is 11.2. The molecule has 0 aromatic carbocycles. The Morgan fingerprint density at radius 2 is 1.05 bits per heavy atom. The molecule has 0 saturated heterocycles. The normalized spacial score (nSPS) is 7.42. The van der Waals surface area contributed by atoms with Crippen LogP contribution < -0.4 is 245 Å². The standard InChI is InChI=1S/C6H8O7.HI.4K.H2O/c7-3(8)1-6(13,5(11)12)2-4(9)10;;;;;;/h13H,1-2H2,(H,7,8)(H,9,10)(H,11,12);1H;;;;;1H2/q;;4*+1;/p-4. The summed E-state index contributed by atoms with van der Waals surface area (Å²) in [5.74, 6) is -5.98. The molecule has 0 fully saturated rings. The van der Waals surface area contributed by atoms with Crippen LogP contribution in [-0.2, 0) is 14.4 Å². The van der Waals surface area contributed by atoms with E-state index in [2.05, 4.69) is 0 Å². The maximum Gasteiger partial charge on any atom is 1.00 e. The largest absolute Gasteiger partial charge is 1.00 e. The summed E-state index contributed by atoms with van der Waals surface area (Å²) in [7, 11) is 0. The second-order valence-corrected chi connectivity index (χ2v) is 2.42.